The number of fused-ring (bicyclic) bond motifs is 1. The average molecular weight is 337 g/mol. The molecule has 6 nitrogen and oxygen atoms in total. The van der Waals surface area contributed by atoms with Crippen LogP contribution in [-0.2, 0) is 13.5 Å². The van der Waals surface area contributed by atoms with Crippen molar-refractivity contribution in [2.45, 2.75) is 13.3 Å². The van der Waals surface area contributed by atoms with E-state index in [-0.39, 0.29) is 12.2 Å². The van der Waals surface area contributed by atoms with Crippen molar-refractivity contribution >= 4 is 22.8 Å². The number of carbonyl (C=O) groups is 1. The first-order valence-corrected chi connectivity index (χ1v) is 8.38. The SMILES string of the molecule is Cc1csc(CC(=O)c2cc(-c3cnn(C)c3)cn3ccnc23)n1. The molecule has 0 N–H and O–H groups in total. The molecule has 0 atom stereocenters. The van der Waals surface area contributed by atoms with Crippen molar-refractivity contribution in [1.82, 2.24) is 24.1 Å². The van der Waals surface area contributed by atoms with Gasteiger partial charge in [0.25, 0.3) is 0 Å². The topological polar surface area (TPSA) is 65.1 Å². The highest BCUT2D eigenvalue weighted by atomic mass is 32.1. The number of imidazole rings is 1. The van der Waals surface area contributed by atoms with E-state index in [1.807, 2.05) is 48.4 Å². The second-order valence-corrected chi connectivity index (χ2v) is 6.63. The standard InChI is InChI=1S/C17H15N5OS/c1-11-10-24-16(20-11)6-15(23)14-5-12(13-7-19-21(2)8-13)9-22-4-3-18-17(14)22/h3-5,7-10H,6H2,1-2H3. The van der Waals surface area contributed by atoms with Crippen molar-refractivity contribution in [3.8, 4) is 11.1 Å². The van der Waals surface area contributed by atoms with Crippen molar-refractivity contribution in [1.29, 1.82) is 0 Å². The van der Waals surface area contributed by atoms with Crippen LogP contribution in [0.25, 0.3) is 16.8 Å². The minimum absolute atomic E-state index is 0.0197. The van der Waals surface area contributed by atoms with Crippen LogP contribution < -0.4 is 0 Å². The van der Waals surface area contributed by atoms with Crippen LogP contribution in [0.1, 0.15) is 21.1 Å². The predicted octanol–water partition coefficient (Wildman–Crippen LogP) is 2.93. The number of hydrogen-bond acceptors (Lipinski definition) is 5. The monoisotopic (exact) mass is 337 g/mol. The Morgan fingerprint density at radius 2 is 2.17 bits per heavy atom. The molecular formula is C17H15N5OS. The summed E-state index contributed by atoms with van der Waals surface area (Å²) >= 11 is 1.51. The van der Waals surface area contributed by atoms with Gasteiger partial charge in [-0.1, -0.05) is 0 Å². The quantitative estimate of drug-likeness (QED) is 0.537. The molecule has 24 heavy (non-hydrogen) atoms. The van der Waals surface area contributed by atoms with Gasteiger partial charge in [0.2, 0.25) is 0 Å². The van der Waals surface area contributed by atoms with Crippen LogP contribution in [0, 0.1) is 6.92 Å². The minimum atomic E-state index is 0.0197. The molecule has 4 aromatic heterocycles. The summed E-state index contributed by atoms with van der Waals surface area (Å²) < 4.78 is 3.62. The number of ketones is 1. The van der Waals surface area contributed by atoms with Gasteiger partial charge in [-0.05, 0) is 13.0 Å². The van der Waals surface area contributed by atoms with E-state index in [9.17, 15) is 4.79 Å². The summed E-state index contributed by atoms with van der Waals surface area (Å²) in [5, 5.41) is 6.99. The van der Waals surface area contributed by atoms with Gasteiger partial charge in [-0.2, -0.15) is 5.10 Å². The van der Waals surface area contributed by atoms with E-state index in [2.05, 4.69) is 15.1 Å². The van der Waals surface area contributed by atoms with Crippen molar-refractivity contribution < 1.29 is 4.79 Å². The number of aromatic nitrogens is 5. The molecule has 4 heterocycles. The molecule has 4 rings (SSSR count). The molecule has 0 aliphatic carbocycles. The third-order valence-electron chi connectivity index (χ3n) is 3.80. The zero-order chi connectivity index (χ0) is 16.7. The van der Waals surface area contributed by atoms with E-state index < -0.39 is 0 Å². The summed E-state index contributed by atoms with van der Waals surface area (Å²) in [6.45, 7) is 1.93. The van der Waals surface area contributed by atoms with Gasteiger partial charge in [-0.3, -0.25) is 9.48 Å². The first kappa shape index (κ1) is 14.8. The normalized spacial score (nSPS) is 11.2. The smallest absolute Gasteiger partial charge is 0.173 e. The molecule has 0 spiro atoms. The third-order valence-corrected chi connectivity index (χ3v) is 4.77. The number of rotatable bonds is 4. The molecule has 0 aliphatic rings. The molecule has 0 bridgehead atoms. The Labute approximate surface area is 142 Å². The fraction of sp³-hybridized carbons (Fsp3) is 0.176. The molecule has 0 fully saturated rings. The fourth-order valence-corrected chi connectivity index (χ4v) is 3.45. The first-order chi connectivity index (χ1) is 11.6. The van der Waals surface area contributed by atoms with E-state index in [0.29, 0.717) is 11.2 Å². The minimum Gasteiger partial charge on any atom is -0.306 e. The van der Waals surface area contributed by atoms with Gasteiger partial charge < -0.3 is 4.40 Å². The highest BCUT2D eigenvalue weighted by Crippen LogP contribution is 2.24. The van der Waals surface area contributed by atoms with Crippen LogP contribution in [0.4, 0.5) is 0 Å². The zero-order valence-electron chi connectivity index (χ0n) is 13.3. The third kappa shape index (κ3) is 2.63. The molecule has 120 valence electrons. The summed E-state index contributed by atoms with van der Waals surface area (Å²) in [6.07, 6.45) is 9.51. The van der Waals surface area contributed by atoms with Crippen molar-refractivity contribution in [3.05, 3.63) is 58.7 Å². The van der Waals surface area contributed by atoms with E-state index in [1.165, 1.54) is 11.3 Å². The Morgan fingerprint density at radius 3 is 2.88 bits per heavy atom. The molecule has 7 heteroatoms. The molecule has 0 radical (unpaired) electrons. The average Bonchev–Trinajstić information content (AvgIpc) is 3.27. The van der Waals surface area contributed by atoms with Crippen molar-refractivity contribution in [2.24, 2.45) is 7.05 Å². The summed E-state index contributed by atoms with van der Waals surface area (Å²) in [7, 11) is 1.87. The molecule has 0 aromatic carbocycles. The van der Waals surface area contributed by atoms with Crippen LogP contribution in [0.3, 0.4) is 0 Å². The van der Waals surface area contributed by atoms with Crippen LogP contribution >= 0.6 is 11.3 Å². The molecule has 0 saturated carbocycles. The second-order valence-electron chi connectivity index (χ2n) is 5.69. The Balaban J connectivity index is 1.78. The van der Waals surface area contributed by atoms with E-state index >= 15 is 0 Å². The molecular weight excluding hydrogens is 322 g/mol. The van der Waals surface area contributed by atoms with Crippen LogP contribution in [-0.4, -0.2) is 29.9 Å². The largest absolute Gasteiger partial charge is 0.306 e. The van der Waals surface area contributed by atoms with Crippen LogP contribution in [0.5, 0.6) is 0 Å². The Morgan fingerprint density at radius 1 is 1.29 bits per heavy atom. The molecule has 0 amide bonds. The Kier molecular flexibility index (Phi) is 3.50. The molecule has 0 saturated heterocycles. The number of pyridine rings is 1. The fourth-order valence-electron chi connectivity index (χ4n) is 2.68. The first-order valence-electron chi connectivity index (χ1n) is 7.50. The number of aryl methyl sites for hydroxylation is 2. The predicted molar refractivity (Wildman–Crippen MR) is 92.3 cm³/mol. The maximum absolute atomic E-state index is 12.8. The van der Waals surface area contributed by atoms with Gasteiger partial charge in [-0.25, -0.2) is 9.97 Å². The summed E-state index contributed by atoms with van der Waals surface area (Å²) in [5.41, 5.74) is 4.12. The van der Waals surface area contributed by atoms with Crippen molar-refractivity contribution in [2.75, 3.05) is 0 Å². The van der Waals surface area contributed by atoms with Gasteiger partial charge in [0, 0.05) is 54.0 Å². The van der Waals surface area contributed by atoms with Crippen LogP contribution in [0.15, 0.2) is 42.4 Å². The lowest BCUT2D eigenvalue weighted by Crippen LogP contribution is -2.06. The number of thiazole rings is 1. The summed E-state index contributed by atoms with van der Waals surface area (Å²) in [5.74, 6) is 0.0197. The molecule has 0 aliphatic heterocycles. The lowest BCUT2D eigenvalue weighted by Gasteiger charge is -2.06. The Bertz CT molecular complexity index is 1040. The highest BCUT2D eigenvalue weighted by Gasteiger charge is 2.16. The zero-order valence-corrected chi connectivity index (χ0v) is 14.1. The number of hydrogen-bond donors (Lipinski definition) is 0. The lowest BCUT2D eigenvalue weighted by atomic mass is 10.0. The van der Waals surface area contributed by atoms with Gasteiger partial charge in [0.1, 0.15) is 10.7 Å². The maximum atomic E-state index is 12.8. The van der Waals surface area contributed by atoms with Crippen molar-refractivity contribution in [3.63, 3.8) is 0 Å². The number of Topliss-reactive ketones (excluding diaryl/α,β-unsaturated/α-hetero) is 1. The number of nitrogens with zero attached hydrogens (tertiary/aromatic N) is 5. The van der Waals surface area contributed by atoms with E-state index in [0.717, 1.165) is 21.8 Å². The maximum Gasteiger partial charge on any atom is 0.173 e. The van der Waals surface area contributed by atoms with Gasteiger partial charge >= 0.3 is 0 Å². The second kappa shape index (κ2) is 5.68. The van der Waals surface area contributed by atoms with Gasteiger partial charge in [-0.15, -0.1) is 11.3 Å². The Hall–Kier alpha value is -2.80. The summed E-state index contributed by atoms with van der Waals surface area (Å²) in [6, 6.07) is 1.89. The highest BCUT2D eigenvalue weighted by molar-refractivity contribution is 7.09. The van der Waals surface area contributed by atoms with E-state index in [1.54, 1.807) is 17.1 Å². The lowest BCUT2D eigenvalue weighted by molar-refractivity contribution is 0.0994. The molecule has 4 aromatic rings. The van der Waals surface area contributed by atoms with Gasteiger partial charge in [0.05, 0.1) is 18.2 Å². The van der Waals surface area contributed by atoms with Gasteiger partial charge in [0.15, 0.2) is 5.78 Å². The van der Waals surface area contributed by atoms with E-state index in [4.69, 9.17) is 0 Å². The summed E-state index contributed by atoms with van der Waals surface area (Å²) in [4.78, 5) is 21.5. The number of carbonyl (C=O) groups excluding carboxylic acids is 1. The van der Waals surface area contributed by atoms with Crippen LogP contribution in [0.2, 0.25) is 0 Å². The molecule has 0 unspecified atom stereocenters.